The van der Waals surface area contributed by atoms with Crippen LogP contribution in [0.1, 0.15) is 52.9 Å². The first-order valence-corrected chi connectivity index (χ1v) is 8.52. The van der Waals surface area contributed by atoms with E-state index in [1.165, 1.54) is 25.7 Å². The highest BCUT2D eigenvalue weighted by atomic mass is 32.1. The number of thiocarbonyl (C=S) groups is 1. The van der Waals surface area contributed by atoms with Gasteiger partial charge in [0.25, 0.3) is 0 Å². The van der Waals surface area contributed by atoms with Crippen molar-refractivity contribution < 1.29 is 4.74 Å². The van der Waals surface area contributed by atoms with Crippen molar-refractivity contribution in [3.8, 4) is 0 Å². The molecule has 114 valence electrons. The Morgan fingerprint density at radius 1 is 1.20 bits per heavy atom. The molecule has 3 rings (SSSR count). The van der Waals surface area contributed by atoms with Crippen molar-refractivity contribution in [3.63, 3.8) is 0 Å². The minimum atomic E-state index is 0.135. The second-order valence-electron chi connectivity index (χ2n) is 7.60. The van der Waals surface area contributed by atoms with Crippen molar-refractivity contribution in [2.24, 2.45) is 17.3 Å². The van der Waals surface area contributed by atoms with Crippen LogP contribution < -0.4 is 10.6 Å². The van der Waals surface area contributed by atoms with E-state index in [1.807, 2.05) is 0 Å². The van der Waals surface area contributed by atoms with Crippen LogP contribution in [0.25, 0.3) is 0 Å². The quantitative estimate of drug-likeness (QED) is 0.785. The fraction of sp³-hybridized carbons (Fsp3) is 0.938. The first kappa shape index (κ1) is 14.6. The summed E-state index contributed by atoms with van der Waals surface area (Å²) in [7, 11) is 0. The van der Waals surface area contributed by atoms with Gasteiger partial charge in [0.2, 0.25) is 0 Å². The van der Waals surface area contributed by atoms with E-state index >= 15 is 0 Å². The number of hydrogen-bond donors (Lipinski definition) is 2. The van der Waals surface area contributed by atoms with Gasteiger partial charge in [-0.2, -0.15) is 0 Å². The SMILES string of the molecule is CC1(C)[C@@H]2CC[C@@H](C2)[C@@]1(C)NC(=S)NC[C@@H]1CCCO1. The van der Waals surface area contributed by atoms with Crippen LogP contribution in [0.5, 0.6) is 0 Å². The number of hydrogen-bond acceptors (Lipinski definition) is 2. The Labute approximate surface area is 128 Å². The van der Waals surface area contributed by atoms with Crippen LogP contribution in [0.2, 0.25) is 0 Å². The second-order valence-corrected chi connectivity index (χ2v) is 8.01. The summed E-state index contributed by atoms with van der Waals surface area (Å²) in [6, 6.07) is 0. The Hall–Kier alpha value is -0.350. The first-order valence-electron chi connectivity index (χ1n) is 8.11. The third kappa shape index (κ3) is 2.25. The van der Waals surface area contributed by atoms with E-state index in [4.69, 9.17) is 17.0 Å². The third-order valence-electron chi connectivity index (χ3n) is 6.50. The first-order chi connectivity index (χ1) is 9.43. The molecular weight excluding hydrogens is 268 g/mol. The van der Waals surface area contributed by atoms with Gasteiger partial charge in [0.05, 0.1) is 6.10 Å². The van der Waals surface area contributed by atoms with Crippen LogP contribution in [-0.2, 0) is 4.74 Å². The molecule has 3 nitrogen and oxygen atoms in total. The fourth-order valence-electron chi connectivity index (χ4n) is 4.67. The molecule has 0 unspecified atom stereocenters. The van der Waals surface area contributed by atoms with Gasteiger partial charge in [0.15, 0.2) is 5.11 Å². The van der Waals surface area contributed by atoms with E-state index in [-0.39, 0.29) is 5.54 Å². The Bertz CT molecular complexity index is 392. The molecule has 4 atom stereocenters. The minimum absolute atomic E-state index is 0.135. The number of fused-ring (bicyclic) bond motifs is 2. The summed E-state index contributed by atoms with van der Waals surface area (Å²) in [6.07, 6.45) is 6.79. The van der Waals surface area contributed by atoms with Crippen LogP contribution in [0.15, 0.2) is 0 Å². The molecule has 3 aliphatic rings. The van der Waals surface area contributed by atoms with Gasteiger partial charge in [-0.15, -0.1) is 0 Å². The zero-order valence-corrected chi connectivity index (χ0v) is 13.8. The molecular formula is C16H28N2OS. The number of rotatable bonds is 3. The molecule has 0 amide bonds. The number of nitrogens with one attached hydrogen (secondary N) is 2. The fourth-order valence-corrected chi connectivity index (χ4v) is 4.96. The highest BCUT2D eigenvalue weighted by molar-refractivity contribution is 7.80. The Morgan fingerprint density at radius 3 is 2.55 bits per heavy atom. The minimum Gasteiger partial charge on any atom is -0.376 e. The summed E-state index contributed by atoms with van der Waals surface area (Å²) in [5.41, 5.74) is 0.460. The highest BCUT2D eigenvalue weighted by Gasteiger charge is 2.60. The largest absolute Gasteiger partial charge is 0.376 e. The second kappa shape index (κ2) is 5.13. The van der Waals surface area contributed by atoms with E-state index in [0.29, 0.717) is 11.5 Å². The summed E-state index contributed by atoms with van der Waals surface area (Å²) in [4.78, 5) is 0. The lowest BCUT2D eigenvalue weighted by molar-refractivity contribution is 0.0823. The molecule has 2 saturated carbocycles. The lowest BCUT2D eigenvalue weighted by Gasteiger charge is -2.48. The molecule has 2 bridgehead atoms. The molecule has 1 saturated heterocycles. The molecule has 0 spiro atoms. The molecule has 1 aliphatic heterocycles. The normalized spacial score (nSPS) is 41.9. The molecule has 3 fully saturated rings. The zero-order valence-electron chi connectivity index (χ0n) is 13.0. The molecule has 0 aromatic rings. The zero-order chi connectivity index (χ0) is 14.4. The topological polar surface area (TPSA) is 33.3 Å². The summed E-state index contributed by atoms with van der Waals surface area (Å²) in [6.45, 7) is 8.94. The lowest BCUT2D eigenvalue weighted by Crippen LogP contribution is -2.61. The standard InChI is InChI=1S/C16H28N2OS/c1-15(2)11-6-7-12(9-11)16(15,3)18-14(20)17-10-13-5-4-8-19-13/h11-13H,4-10H2,1-3H3,(H2,17,18,20)/t11-,12+,13+,16-/m1/s1. The maximum absolute atomic E-state index is 5.64. The molecule has 0 radical (unpaired) electrons. The van der Waals surface area contributed by atoms with Crippen LogP contribution in [0.3, 0.4) is 0 Å². The molecule has 0 aromatic heterocycles. The monoisotopic (exact) mass is 296 g/mol. The number of ether oxygens (including phenoxy) is 1. The van der Waals surface area contributed by atoms with Gasteiger partial charge in [0, 0.05) is 18.7 Å². The summed E-state index contributed by atoms with van der Waals surface area (Å²) in [5.74, 6) is 1.62. The summed E-state index contributed by atoms with van der Waals surface area (Å²) < 4.78 is 5.64. The van der Waals surface area contributed by atoms with Crippen LogP contribution >= 0.6 is 12.2 Å². The molecule has 2 N–H and O–H groups in total. The van der Waals surface area contributed by atoms with E-state index in [9.17, 15) is 0 Å². The lowest BCUT2D eigenvalue weighted by atomic mass is 9.64. The van der Waals surface area contributed by atoms with E-state index in [0.717, 1.165) is 36.5 Å². The Balaban J connectivity index is 1.57. The molecule has 0 aromatic carbocycles. The predicted molar refractivity (Wildman–Crippen MR) is 85.7 cm³/mol. The summed E-state index contributed by atoms with van der Waals surface area (Å²) in [5, 5.41) is 7.84. The smallest absolute Gasteiger partial charge is 0.166 e. The van der Waals surface area contributed by atoms with Crippen LogP contribution in [-0.4, -0.2) is 29.9 Å². The molecule has 4 heteroatoms. The van der Waals surface area contributed by atoms with E-state index in [1.54, 1.807) is 0 Å². The Morgan fingerprint density at radius 2 is 1.95 bits per heavy atom. The van der Waals surface area contributed by atoms with Crippen molar-refractivity contribution in [1.82, 2.24) is 10.6 Å². The molecule has 20 heavy (non-hydrogen) atoms. The van der Waals surface area contributed by atoms with Gasteiger partial charge in [0.1, 0.15) is 0 Å². The van der Waals surface area contributed by atoms with Crippen molar-refractivity contribution >= 4 is 17.3 Å². The van der Waals surface area contributed by atoms with Gasteiger partial charge in [-0.25, -0.2) is 0 Å². The van der Waals surface area contributed by atoms with Gasteiger partial charge < -0.3 is 15.4 Å². The van der Waals surface area contributed by atoms with Crippen LogP contribution in [0, 0.1) is 17.3 Å². The van der Waals surface area contributed by atoms with E-state index in [2.05, 4.69) is 31.4 Å². The van der Waals surface area contributed by atoms with Gasteiger partial charge >= 0.3 is 0 Å². The highest BCUT2D eigenvalue weighted by Crippen LogP contribution is 2.61. The maximum atomic E-state index is 5.64. The Kier molecular flexibility index (Phi) is 3.74. The van der Waals surface area contributed by atoms with Crippen LogP contribution in [0.4, 0.5) is 0 Å². The predicted octanol–water partition coefficient (Wildman–Crippen LogP) is 2.84. The third-order valence-corrected chi connectivity index (χ3v) is 6.74. The van der Waals surface area contributed by atoms with Crippen molar-refractivity contribution in [1.29, 1.82) is 0 Å². The van der Waals surface area contributed by atoms with E-state index < -0.39 is 0 Å². The van der Waals surface area contributed by atoms with Crippen molar-refractivity contribution in [2.75, 3.05) is 13.2 Å². The average Bonchev–Trinajstić information content (AvgIpc) is 3.09. The molecule has 2 aliphatic carbocycles. The van der Waals surface area contributed by atoms with Gasteiger partial charge in [-0.05, 0) is 68.5 Å². The van der Waals surface area contributed by atoms with Crippen molar-refractivity contribution in [2.45, 2.75) is 64.5 Å². The summed E-state index contributed by atoms with van der Waals surface area (Å²) >= 11 is 5.54. The molecule has 1 heterocycles. The maximum Gasteiger partial charge on any atom is 0.166 e. The van der Waals surface area contributed by atoms with Gasteiger partial charge in [-0.1, -0.05) is 13.8 Å². The van der Waals surface area contributed by atoms with Gasteiger partial charge in [-0.3, -0.25) is 0 Å². The van der Waals surface area contributed by atoms with Crippen molar-refractivity contribution in [3.05, 3.63) is 0 Å². The average molecular weight is 296 g/mol.